The molecule has 0 radical (unpaired) electrons. The first-order valence-corrected chi connectivity index (χ1v) is 7.80. The maximum atomic E-state index is 12.4. The van der Waals surface area contributed by atoms with Crippen LogP contribution < -0.4 is 5.32 Å². The van der Waals surface area contributed by atoms with Crippen molar-refractivity contribution in [2.45, 2.75) is 13.8 Å². The first kappa shape index (κ1) is 15.2. The molecule has 1 aromatic carbocycles. The molecule has 0 spiro atoms. The molecule has 2 heterocycles. The molecule has 2 aromatic heterocycles. The number of hydrogen-bond acceptors (Lipinski definition) is 5. The zero-order valence-corrected chi connectivity index (χ0v) is 13.4. The highest BCUT2D eigenvalue weighted by Gasteiger charge is 2.17. The van der Waals surface area contributed by atoms with Gasteiger partial charge in [-0.3, -0.25) is 9.59 Å². The Bertz CT molecular complexity index is 849. The van der Waals surface area contributed by atoms with Crippen LogP contribution in [0.25, 0.3) is 10.8 Å². The predicted octanol–water partition coefficient (Wildman–Crippen LogP) is 4.17. The van der Waals surface area contributed by atoms with Gasteiger partial charge in [0.15, 0.2) is 16.6 Å². The van der Waals surface area contributed by atoms with Gasteiger partial charge >= 0.3 is 0 Å². The van der Waals surface area contributed by atoms with E-state index in [1.54, 1.807) is 42.7 Å². The first-order chi connectivity index (χ1) is 11.0. The lowest BCUT2D eigenvalue weighted by Gasteiger charge is -2.04. The van der Waals surface area contributed by atoms with E-state index in [4.69, 9.17) is 4.42 Å². The van der Waals surface area contributed by atoms with Gasteiger partial charge in [0.2, 0.25) is 0 Å². The summed E-state index contributed by atoms with van der Waals surface area (Å²) >= 11 is 1.41. The molecule has 0 fully saturated rings. The van der Waals surface area contributed by atoms with E-state index in [0.717, 1.165) is 4.88 Å². The Kier molecular flexibility index (Phi) is 4.08. The second-order valence-corrected chi connectivity index (χ2v) is 6.19. The largest absolute Gasteiger partial charge is 0.462 e. The Morgan fingerprint density at radius 1 is 1.17 bits per heavy atom. The topological polar surface area (TPSA) is 72.2 Å². The summed E-state index contributed by atoms with van der Waals surface area (Å²) in [5, 5.41) is 3.46. The first-order valence-electron chi connectivity index (χ1n) is 6.98. The van der Waals surface area contributed by atoms with E-state index in [-0.39, 0.29) is 11.7 Å². The van der Waals surface area contributed by atoms with Crippen LogP contribution in [-0.2, 0) is 0 Å². The van der Waals surface area contributed by atoms with E-state index in [1.807, 2.05) is 6.92 Å². The number of hydrogen-bond donors (Lipinski definition) is 1. The average molecular weight is 326 g/mol. The van der Waals surface area contributed by atoms with Crippen LogP contribution in [0, 0.1) is 6.92 Å². The van der Waals surface area contributed by atoms with Gasteiger partial charge in [0, 0.05) is 16.1 Å². The number of aromatic nitrogens is 1. The molecule has 23 heavy (non-hydrogen) atoms. The van der Waals surface area contributed by atoms with Crippen LogP contribution in [0.2, 0.25) is 0 Å². The molecule has 0 saturated heterocycles. The number of amides is 1. The van der Waals surface area contributed by atoms with E-state index >= 15 is 0 Å². The van der Waals surface area contributed by atoms with E-state index < -0.39 is 0 Å². The van der Waals surface area contributed by atoms with E-state index in [2.05, 4.69) is 10.3 Å². The third-order valence-corrected chi connectivity index (χ3v) is 4.28. The summed E-state index contributed by atoms with van der Waals surface area (Å²) in [5.74, 6) is 0.344. The molecule has 0 bridgehead atoms. The Morgan fingerprint density at radius 2 is 1.91 bits per heavy atom. The van der Waals surface area contributed by atoms with Crippen LogP contribution in [-0.4, -0.2) is 16.7 Å². The Morgan fingerprint density at radius 3 is 2.52 bits per heavy atom. The number of furan rings is 1. The van der Waals surface area contributed by atoms with Crippen LogP contribution in [0.3, 0.4) is 0 Å². The molecule has 0 aliphatic heterocycles. The maximum Gasteiger partial charge on any atom is 0.275 e. The second kappa shape index (κ2) is 6.18. The molecule has 0 unspecified atom stereocenters. The van der Waals surface area contributed by atoms with Gasteiger partial charge in [0.25, 0.3) is 5.91 Å². The van der Waals surface area contributed by atoms with Gasteiger partial charge in [0.1, 0.15) is 5.69 Å². The third-order valence-electron chi connectivity index (χ3n) is 3.29. The number of Topliss-reactive ketones (excluding diaryl/α,β-unsaturated/α-hetero) is 1. The zero-order valence-electron chi connectivity index (χ0n) is 12.6. The van der Waals surface area contributed by atoms with Crippen molar-refractivity contribution in [3.63, 3.8) is 0 Å². The van der Waals surface area contributed by atoms with Gasteiger partial charge in [-0.05, 0) is 50.2 Å². The molecular weight excluding hydrogens is 312 g/mol. The van der Waals surface area contributed by atoms with Crippen molar-refractivity contribution in [3.8, 4) is 10.8 Å². The van der Waals surface area contributed by atoms with E-state index in [1.165, 1.54) is 18.3 Å². The van der Waals surface area contributed by atoms with Crippen molar-refractivity contribution in [1.82, 2.24) is 4.98 Å². The summed E-state index contributed by atoms with van der Waals surface area (Å²) < 4.78 is 5.31. The molecule has 1 amide bonds. The summed E-state index contributed by atoms with van der Waals surface area (Å²) in [6.45, 7) is 3.35. The lowest BCUT2D eigenvalue weighted by molar-refractivity contribution is 0.101. The number of thiazole rings is 1. The molecule has 0 aliphatic rings. The van der Waals surface area contributed by atoms with Gasteiger partial charge in [-0.1, -0.05) is 0 Å². The number of anilines is 1. The van der Waals surface area contributed by atoms with E-state index in [0.29, 0.717) is 27.7 Å². The number of carbonyl (C=O) groups is 2. The van der Waals surface area contributed by atoms with Crippen molar-refractivity contribution in [2.24, 2.45) is 0 Å². The number of nitrogens with one attached hydrogen (secondary N) is 1. The monoisotopic (exact) mass is 326 g/mol. The van der Waals surface area contributed by atoms with Gasteiger partial charge in [-0.15, -0.1) is 11.3 Å². The highest BCUT2D eigenvalue weighted by atomic mass is 32.1. The smallest absolute Gasteiger partial charge is 0.275 e. The van der Waals surface area contributed by atoms with Gasteiger partial charge in [0.05, 0.1) is 6.26 Å². The highest BCUT2D eigenvalue weighted by molar-refractivity contribution is 7.15. The Hall–Kier alpha value is -2.73. The molecular formula is C17H14N2O3S. The summed E-state index contributed by atoms with van der Waals surface area (Å²) in [6.07, 6.45) is 1.57. The number of ketones is 1. The van der Waals surface area contributed by atoms with Crippen molar-refractivity contribution in [2.75, 3.05) is 5.32 Å². The standard InChI is InChI=1S/C17H14N2O3S/c1-10(20)12-5-7-13(8-6-12)18-16(21)15-11(2)23-17(19-15)14-4-3-9-22-14/h3-9H,1-2H3,(H,18,21). The van der Waals surface area contributed by atoms with Gasteiger partial charge in [-0.2, -0.15) is 0 Å². The minimum atomic E-state index is -0.285. The fourth-order valence-corrected chi connectivity index (χ4v) is 2.97. The second-order valence-electron chi connectivity index (χ2n) is 4.99. The highest BCUT2D eigenvalue weighted by Crippen LogP contribution is 2.28. The van der Waals surface area contributed by atoms with Crippen LogP contribution in [0.15, 0.2) is 47.1 Å². The number of benzene rings is 1. The number of carbonyl (C=O) groups excluding carboxylic acids is 2. The normalized spacial score (nSPS) is 10.5. The summed E-state index contributed by atoms with van der Waals surface area (Å²) in [7, 11) is 0. The molecule has 0 aliphatic carbocycles. The van der Waals surface area contributed by atoms with Crippen LogP contribution in [0.5, 0.6) is 0 Å². The van der Waals surface area contributed by atoms with Crippen LogP contribution in [0.1, 0.15) is 32.6 Å². The number of nitrogens with zero attached hydrogens (tertiary/aromatic N) is 1. The third kappa shape index (κ3) is 3.22. The minimum absolute atomic E-state index is 0.0127. The minimum Gasteiger partial charge on any atom is -0.462 e. The predicted molar refractivity (Wildman–Crippen MR) is 89.0 cm³/mol. The van der Waals surface area contributed by atoms with Crippen molar-refractivity contribution in [1.29, 1.82) is 0 Å². The summed E-state index contributed by atoms with van der Waals surface area (Å²) in [4.78, 5) is 28.8. The lowest BCUT2D eigenvalue weighted by atomic mass is 10.1. The Labute approximate surface area is 137 Å². The molecule has 0 atom stereocenters. The molecule has 116 valence electrons. The maximum absolute atomic E-state index is 12.4. The SMILES string of the molecule is CC(=O)c1ccc(NC(=O)c2nc(-c3ccco3)sc2C)cc1. The molecule has 3 rings (SSSR count). The van der Waals surface area contributed by atoms with E-state index in [9.17, 15) is 9.59 Å². The fourth-order valence-electron chi connectivity index (χ4n) is 2.09. The number of aryl methyl sites for hydroxylation is 1. The molecule has 6 heteroatoms. The zero-order chi connectivity index (χ0) is 16.4. The van der Waals surface area contributed by atoms with Crippen molar-refractivity contribution >= 4 is 28.7 Å². The molecule has 3 aromatic rings. The van der Waals surface area contributed by atoms with Crippen molar-refractivity contribution < 1.29 is 14.0 Å². The fraction of sp³-hybridized carbons (Fsp3) is 0.118. The van der Waals surface area contributed by atoms with Crippen molar-refractivity contribution in [3.05, 3.63) is 58.8 Å². The summed E-state index contributed by atoms with van der Waals surface area (Å²) in [5.41, 5.74) is 1.59. The van der Waals surface area contributed by atoms with Gasteiger partial charge < -0.3 is 9.73 Å². The summed E-state index contributed by atoms with van der Waals surface area (Å²) in [6, 6.07) is 10.3. The molecule has 5 nitrogen and oxygen atoms in total. The van der Waals surface area contributed by atoms with Gasteiger partial charge in [-0.25, -0.2) is 4.98 Å². The Balaban J connectivity index is 1.79. The molecule has 0 saturated carbocycles. The van der Waals surface area contributed by atoms with Crippen LogP contribution >= 0.6 is 11.3 Å². The van der Waals surface area contributed by atoms with Crippen LogP contribution in [0.4, 0.5) is 5.69 Å². The molecule has 1 N–H and O–H groups in total. The average Bonchev–Trinajstić information content (AvgIpc) is 3.16. The lowest BCUT2D eigenvalue weighted by Crippen LogP contribution is -2.13. The number of rotatable bonds is 4. The quantitative estimate of drug-likeness (QED) is 0.730.